The molecule has 1 aliphatic heterocycles. The number of hydrogen-bond acceptors (Lipinski definition) is 5. The van der Waals surface area contributed by atoms with Gasteiger partial charge in [-0.2, -0.15) is 0 Å². The molecule has 34 heavy (non-hydrogen) atoms. The molecule has 0 spiro atoms. The minimum absolute atomic E-state index is 0.101. The standard InChI is InChI=1S/C25H28ClFN4O3/c1-4-34-25(33)23-22(19-14-18(27)7-8-20(19)28-23)29-24(32)16(3)30-9-11-31(12-10-30)21-13-17(26)6-5-15(21)2/h5-8,13-14,16,28H,4,9-12H2,1-3H3,(H,29,32)/t16-/m0/s1. The van der Waals surface area contributed by atoms with Crippen LogP contribution in [0.15, 0.2) is 36.4 Å². The van der Waals surface area contributed by atoms with Crippen LogP contribution in [0.5, 0.6) is 0 Å². The molecule has 0 saturated carbocycles. The minimum Gasteiger partial charge on any atom is -0.461 e. The molecule has 180 valence electrons. The van der Waals surface area contributed by atoms with Crippen LogP contribution in [0.4, 0.5) is 15.8 Å². The monoisotopic (exact) mass is 486 g/mol. The fourth-order valence-corrected chi connectivity index (χ4v) is 4.48. The van der Waals surface area contributed by atoms with E-state index in [1.807, 2.05) is 25.1 Å². The number of nitrogens with one attached hydrogen (secondary N) is 2. The Labute approximate surface area is 202 Å². The number of carbonyl (C=O) groups is 2. The van der Waals surface area contributed by atoms with Gasteiger partial charge in [-0.3, -0.25) is 9.69 Å². The number of aromatic nitrogens is 1. The highest BCUT2D eigenvalue weighted by atomic mass is 35.5. The van der Waals surface area contributed by atoms with E-state index < -0.39 is 17.8 Å². The lowest BCUT2D eigenvalue weighted by Gasteiger charge is -2.39. The van der Waals surface area contributed by atoms with Crippen LogP contribution in [0.25, 0.3) is 10.9 Å². The molecule has 1 saturated heterocycles. The Morgan fingerprint density at radius 1 is 1.18 bits per heavy atom. The average molecular weight is 487 g/mol. The Morgan fingerprint density at radius 3 is 2.62 bits per heavy atom. The van der Waals surface area contributed by atoms with Crippen molar-refractivity contribution in [2.24, 2.45) is 0 Å². The molecule has 1 fully saturated rings. The molecule has 0 unspecified atom stereocenters. The zero-order chi connectivity index (χ0) is 24.4. The Kier molecular flexibility index (Phi) is 7.09. The number of nitrogens with zero attached hydrogens (tertiary/aromatic N) is 2. The molecule has 2 aromatic carbocycles. The highest BCUT2D eigenvalue weighted by Crippen LogP contribution is 2.30. The fourth-order valence-electron chi connectivity index (χ4n) is 4.32. The van der Waals surface area contributed by atoms with Gasteiger partial charge in [0.1, 0.15) is 11.5 Å². The summed E-state index contributed by atoms with van der Waals surface area (Å²) in [5.74, 6) is -1.34. The number of esters is 1. The summed E-state index contributed by atoms with van der Waals surface area (Å²) in [6.45, 7) is 8.65. The quantitative estimate of drug-likeness (QED) is 0.498. The summed E-state index contributed by atoms with van der Waals surface area (Å²) < 4.78 is 19.0. The van der Waals surface area contributed by atoms with Gasteiger partial charge in [0, 0.05) is 47.8 Å². The van der Waals surface area contributed by atoms with Gasteiger partial charge in [-0.05, 0) is 56.7 Å². The molecule has 0 radical (unpaired) electrons. The number of aryl methyl sites for hydroxylation is 1. The second-order valence-electron chi connectivity index (χ2n) is 8.40. The molecule has 9 heteroatoms. The predicted molar refractivity (Wildman–Crippen MR) is 132 cm³/mol. The molecule has 1 atom stereocenters. The third-order valence-corrected chi connectivity index (χ3v) is 6.48. The van der Waals surface area contributed by atoms with Crippen LogP contribution in [0.2, 0.25) is 5.02 Å². The van der Waals surface area contributed by atoms with E-state index in [0.717, 1.165) is 24.3 Å². The van der Waals surface area contributed by atoms with Gasteiger partial charge >= 0.3 is 5.97 Å². The Hall–Kier alpha value is -3.10. The smallest absolute Gasteiger partial charge is 0.356 e. The second kappa shape index (κ2) is 10.0. The first kappa shape index (κ1) is 24.0. The largest absolute Gasteiger partial charge is 0.461 e. The summed E-state index contributed by atoms with van der Waals surface area (Å²) in [5.41, 5.74) is 3.13. The SMILES string of the molecule is CCOC(=O)c1[nH]c2ccc(F)cc2c1NC(=O)[C@H](C)N1CCN(c2cc(Cl)ccc2C)CC1. The normalized spacial score (nSPS) is 15.4. The highest BCUT2D eigenvalue weighted by Gasteiger charge is 2.28. The molecule has 4 rings (SSSR count). The lowest BCUT2D eigenvalue weighted by Crippen LogP contribution is -2.53. The van der Waals surface area contributed by atoms with Gasteiger partial charge in [-0.15, -0.1) is 0 Å². The number of rotatable bonds is 6. The first-order chi connectivity index (χ1) is 16.3. The number of halogens is 2. The van der Waals surface area contributed by atoms with E-state index in [9.17, 15) is 14.0 Å². The zero-order valence-electron chi connectivity index (χ0n) is 19.5. The van der Waals surface area contributed by atoms with Gasteiger partial charge in [0.2, 0.25) is 5.91 Å². The molecule has 7 nitrogen and oxygen atoms in total. The number of piperazine rings is 1. The molecule has 3 aromatic rings. The molecule has 0 aliphatic carbocycles. The topological polar surface area (TPSA) is 77.7 Å². The number of benzene rings is 2. The number of fused-ring (bicyclic) bond motifs is 1. The van der Waals surface area contributed by atoms with Gasteiger partial charge < -0.3 is 19.9 Å². The second-order valence-corrected chi connectivity index (χ2v) is 8.84. The summed E-state index contributed by atoms with van der Waals surface area (Å²) in [4.78, 5) is 33.0. The number of amides is 1. The van der Waals surface area contributed by atoms with Gasteiger partial charge in [0.25, 0.3) is 0 Å². The average Bonchev–Trinajstić information content (AvgIpc) is 3.18. The van der Waals surface area contributed by atoms with Crippen molar-refractivity contribution in [3.63, 3.8) is 0 Å². The Bertz CT molecular complexity index is 1220. The number of aromatic amines is 1. The first-order valence-electron chi connectivity index (χ1n) is 11.3. The summed E-state index contributed by atoms with van der Waals surface area (Å²) in [5, 5.41) is 3.96. The maximum Gasteiger partial charge on any atom is 0.356 e. The van der Waals surface area contributed by atoms with E-state index in [4.69, 9.17) is 16.3 Å². The van der Waals surface area contributed by atoms with Crippen LogP contribution in [-0.2, 0) is 9.53 Å². The molecular formula is C25H28ClFN4O3. The van der Waals surface area contributed by atoms with Crippen LogP contribution in [0.1, 0.15) is 29.9 Å². The van der Waals surface area contributed by atoms with Crippen molar-refractivity contribution in [1.82, 2.24) is 9.88 Å². The van der Waals surface area contributed by atoms with Crippen LogP contribution in [0.3, 0.4) is 0 Å². The fraction of sp³-hybridized carbons (Fsp3) is 0.360. The van der Waals surface area contributed by atoms with Crippen molar-refractivity contribution in [3.05, 3.63) is 58.5 Å². The van der Waals surface area contributed by atoms with Crippen molar-refractivity contribution < 1.29 is 18.7 Å². The van der Waals surface area contributed by atoms with E-state index >= 15 is 0 Å². The number of carbonyl (C=O) groups excluding carboxylic acids is 2. The van der Waals surface area contributed by atoms with E-state index in [1.54, 1.807) is 6.92 Å². The zero-order valence-corrected chi connectivity index (χ0v) is 20.2. The van der Waals surface area contributed by atoms with E-state index in [2.05, 4.69) is 27.0 Å². The number of ether oxygens (including phenoxy) is 1. The minimum atomic E-state index is -0.604. The summed E-state index contributed by atoms with van der Waals surface area (Å²) in [6, 6.07) is 9.52. The maximum absolute atomic E-state index is 13.9. The van der Waals surface area contributed by atoms with Crippen molar-refractivity contribution >= 4 is 45.8 Å². The predicted octanol–water partition coefficient (Wildman–Crippen LogP) is 4.59. The van der Waals surface area contributed by atoms with Gasteiger partial charge in [-0.25, -0.2) is 9.18 Å². The van der Waals surface area contributed by atoms with Crippen molar-refractivity contribution in [2.75, 3.05) is 43.0 Å². The Balaban J connectivity index is 1.49. The van der Waals surface area contributed by atoms with E-state index in [1.165, 1.54) is 18.2 Å². The molecule has 0 bridgehead atoms. The van der Waals surface area contributed by atoms with E-state index in [0.29, 0.717) is 29.0 Å². The van der Waals surface area contributed by atoms with Crippen molar-refractivity contribution in [1.29, 1.82) is 0 Å². The van der Waals surface area contributed by atoms with Crippen molar-refractivity contribution in [3.8, 4) is 0 Å². The summed E-state index contributed by atoms with van der Waals surface area (Å²) >= 11 is 6.18. The van der Waals surface area contributed by atoms with Crippen LogP contribution >= 0.6 is 11.6 Å². The molecular weight excluding hydrogens is 459 g/mol. The molecule has 1 aliphatic rings. The summed E-state index contributed by atoms with van der Waals surface area (Å²) in [6.07, 6.45) is 0. The van der Waals surface area contributed by atoms with Gasteiger partial charge in [0.05, 0.1) is 18.3 Å². The van der Waals surface area contributed by atoms with Crippen LogP contribution in [0, 0.1) is 12.7 Å². The van der Waals surface area contributed by atoms with Gasteiger partial charge in [0.15, 0.2) is 0 Å². The first-order valence-corrected chi connectivity index (χ1v) is 11.7. The molecule has 2 N–H and O–H groups in total. The van der Waals surface area contributed by atoms with Crippen molar-refractivity contribution in [2.45, 2.75) is 26.8 Å². The number of H-pyrrole nitrogens is 1. The molecule has 1 aromatic heterocycles. The third kappa shape index (κ3) is 4.88. The lowest BCUT2D eigenvalue weighted by atomic mass is 10.1. The summed E-state index contributed by atoms with van der Waals surface area (Å²) in [7, 11) is 0. The highest BCUT2D eigenvalue weighted by molar-refractivity contribution is 6.30. The van der Waals surface area contributed by atoms with Crippen LogP contribution < -0.4 is 10.2 Å². The van der Waals surface area contributed by atoms with Crippen LogP contribution in [-0.4, -0.2) is 60.6 Å². The van der Waals surface area contributed by atoms with E-state index in [-0.39, 0.29) is 23.9 Å². The third-order valence-electron chi connectivity index (χ3n) is 6.24. The molecule has 1 amide bonds. The number of hydrogen-bond donors (Lipinski definition) is 2. The van der Waals surface area contributed by atoms with Gasteiger partial charge in [-0.1, -0.05) is 17.7 Å². The number of anilines is 2. The molecule has 2 heterocycles. The maximum atomic E-state index is 13.9. The Morgan fingerprint density at radius 2 is 1.91 bits per heavy atom. The lowest BCUT2D eigenvalue weighted by molar-refractivity contribution is -0.120.